The van der Waals surface area contributed by atoms with Crippen LogP contribution >= 0.6 is 0 Å². The molecular formula is C35H36N6O5. The summed E-state index contributed by atoms with van der Waals surface area (Å²) in [7, 11) is 1.74. The first-order valence-electron chi connectivity index (χ1n) is 15.5. The normalized spacial score (nSPS) is 17.0. The number of aliphatic hydroxyl groups is 1. The molecule has 1 spiro atoms. The Morgan fingerprint density at radius 2 is 1.87 bits per heavy atom. The average molecular weight is 621 g/mol. The molecule has 1 amide bonds. The van der Waals surface area contributed by atoms with Crippen molar-refractivity contribution in [1.29, 1.82) is 0 Å². The highest BCUT2D eigenvalue weighted by Gasteiger charge is 2.54. The van der Waals surface area contributed by atoms with Crippen LogP contribution in [0.3, 0.4) is 0 Å². The monoisotopic (exact) mass is 620 g/mol. The zero-order chi connectivity index (χ0) is 31.8. The molecule has 2 aromatic carbocycles. The highest BCUT2D eigenvalue weighted by Crippen LogP contribution is 2.52. The standard InChI is InChI=1S/C35H36N6O5/c1-23-32(34(44)41(39(23)2)24-7-4-3-5-8-24)33(43)38-31-12-10-26(20-37-31)46-29-13-16-36-28-19-25(9-11-27(28)29)45-18-6-17-40-21-30(42)35(22-40)14-15-35/h3-5,7-13,16,19-20,30,42H,6,14-15,17-18,21-22H2,1-2H3,(H,37,38,43). The van der Waals surface area contributed by atoms with E-state index in [1.807, 2.05) is 48.5 Å². The number of pyridine rings is 2. The largest absolute Gasteiger partial charge is 0.493 e. The van der Waals surface area contributed by atoms with Gasteiger partial charge in [-0.3, -0.25) is 24.2 Å². The summed E-state index contributed by atoms with van der Waals surface area (Å²) in [5, 5.41) is 13.8. The Morgan fingerprint density at radius 3 is 2.61 bits per heavy atom. The number of aromatic nitrogens is 4. The van der Waals surface area contributed by atoms with Gasteiger partial charge in [-0.05, 0) is 68.7 Å². The van der Waals surface area contributed by atoms with Crippen molar-refractivity contribution in [2.75, 3.05) is 31.6 Å². The topological polar surface area (TPSA) is 124 Å². The van der Waals surface area contributed by atoms with Gasteiger partial charge in [0.2, 0.25) is 0 Å². The summed E-state index contributed by atoms with van der Waals surface area (Å²) < 4.78 is 15.3. The fourth-order valence-electron chi connectivity index (χ4n) is 6.28. The number of rotatable bonds is 10. The fraction of sp³-hybridized carbons (Fsp3) is 0.314. The lowest BCUT2D eigenvalue weighted by molar-refractivity contribution is 0.102. The third-order valence-electron chi connectivity index (χ3n) is 9.12. The number of fused-ring (bicyclic) bond motifs is 1. The molecule has 1 saturated carbocycles. The third-order valence-corrected chi connectivity index (χ3v) is 9.12. The summed E-state index contributed by atoms with van der Waals surface area (Å²) in [6, 6.07) is 20.0. The Kier molecular flexibility index (Phi) is 7.79. The van der Waals surface area contributed by atoms with Crippen molar-refractivity contribution in [3.63, 3.8) is 0 Å². The van der Waals surface area contributed by atoms with Crippen LogP contribution in [0.2, 0.25) is 0 Å². The number of nitrogens with one attached hydrogen (secondary N) is 1. The van der Waals surface area contributed by atoms with E-state index < -0.39 is 11.5 Å². The van der Waals surface area contributed by atoms with Gasteiger partial charge in [0.25, 0.3) is 11.5 Å². The number of anilines is 1. The lowest BCUT2D eigenvalue weighted by atomic mass is 10.0. The van der Waals surface area contributed by atoms with Gasteiger partial charge in [-0.1, -0.05) is 18.2 Å². The minimum absolute atomic E-state index is 0.0537. The number of likely N-dealkylation sites (tertiary alicyclic amines) is 1. The molecule has 4 heterocycles. The van der Waals surface area contributed by atoms with E-state index in [1.165, 1.54) is 10.9 Å². The molecule has 1 saturated heterocycles. The van der Waals surface area contributed by atoms with Gasteiger partial charge < -0.3 is 19.9 Å². The molecule has 7 rings (SSSR count). The second kappa shape index (κ2) is 12.1. The van der Waals surface area contributed by atoms with E-state index in [9.17, 15) is 14.7 Å². The zero-order valence-electron chi connectivity index (χ0n) is 25.8. The molecule has 11 heteroatoms. The molecule has 2 N–H and O–H groups in total. The van der Waals surface area contributed by atoms with Crippen molar-refractivity contribution in [3.05, 3.63) is 101 Å². The van der Waals surface area contributed by atoms with Crippen LogP contribution in [0.4, 0.5) is 5.82 Å². The summed E-state index contributed by atoms with van der Waals surface area (Å²) in [6.07, 6.45) is 6.19. The summed E-state index contributed by atoms with van der Waals surface area (Å²) in [4.78, 5) is 37.5. The number of para-hydroxylation sites is 1. The molecule has 1 aliphatic heterocycles. The van der Waals surface area contributed by atoms with Gasteiger partial charge in [-0.15, -0.1) is 0 Å². The van der Waals surface area contributed by atoms with Crippen LogP contribution in [0.1, 0.15) is 35.3 Å². The first-order chi connectivity index (χ1) is 22.3. The van der Waals surface area contributed by atoms with E-state index in [0.717, 1.165) is 55.5 Å². The van der Waals surface area contributed by atoms with Gasteiger partial charge in [0.15, 0.2) is 0 Å². The molecule has 1 aliphatic carbocycles. The van der Waals surface area contributed by atoms with Gasteiger partial charge in [0.05, 0.1) is 35.8 Å². The number of ether oxygens (including phenoxy) is 2. The van der Waals surface area contributed by atoms with Crippen LogP contribution in [0.25, 0.3) is 16.6 Å². The Hall–Kier alpha value is -5.00. The maximum absolute atomic E-state index is 13.2. The zero-order valence-corrected chi connectivity index (χ0v) is 25.8. The predicted octanol–water partition coefficient (Wildman–Crippen LogP) is 4.70. The second-order valence-electron chi connectivity index (χ2n) is 12.2. The van der Waals surface area contributed by atoms with Crippen LogP contribution in [0.15, 0.2) is 83.9 Å². The SMILES string of the molecule is Cc1c(C(=O)Nc2ccc(Oc3ccnc4cc(OCCCN5CC(O)C6(CC6)C5)ccc34)cn2)c(=O)n(-c2ccccc2)n1C. The number of β-amino-alcohol motifs (C(OH)–C–C–N with tert-alkyl or cyclic N) is 1. The van der Waals surface area contributed by atoms with Crippen molar-refractivity contribution < 1.29 is 19.4 Å². The van der Waals surface area contributed by atoms with Crippen molar-refractivity contribution in [2.24, 2.45) is 12.5 Å². The molecule has 0 bridgehead atoms. The fourth-order valence-corrected chi connectivity index (χ4v) is 6.28. The third kappa shape index (κ3) is 5.75. The van der Waals surface area contributed by atoms with Gasteiger partial charge in [-0.2, -0.15) is 0 Å². The Balaban J connectivity index is 0.971. The molecule has 1 atom stereocenters. The highest BCUT2D eigenvalue weighted by atomic mass is 16.5. The lowest BCUT2D eigenvalue weighted by Crippen LogP contribution is -2.25. The lowest BCUT2D eigenvalue weighted by Gasteiger charge is -2.15. The van der Waals surface area contributed by atoms with Crippen molar-refractivity contribution in [3.8, 4) is 22.9 Å². The molecule has 0 radical (unpaired) electrons. The number of amides is 1. The Labute approximate surface area is 266 Å². The smallest absolute Gasteiger partial charge is 0.284 e. The van der Waals surface area contributed by atoms with Crippen LogP contribution in [-0.4, -0.2) is 67.6 Å². The Morgan fingerprint density at radius 1 is 1.07 bits per heavy atom. The molecule has 11 nitrogen and oxygen atoms in total. The first kappa shape index (κ1) is 29.7. The van der Waals surface area contributed by atoms with Gasteiger partial charge in [0, 0.05) is 49.7 Å². The van der Waals surface area contributed by atoms with Gasteiger partial charge in [-0.25, -0.2) is 9.67 Å². The minimum Gasteiger partial charge on any atom is -0.493 e. The molecule has 5 aromatic rings. The number of hydrogen-bond acceptors (Lipinski definition) is 8. The summed E-state index contributed by atoms with van der Waals surface area (Å²) in [6.45, 7) is 5.00. The molecule has 3 aromatic heterocycles. The molecule has 1 unspecified atom stereocenters. The summed E-state index contributed by atoms with van der Waals surface area (Å²) >= 11 is 0. The van der Waals surface area contributed by atoms with Gasteiger partial charge in [0.1, 0.15) is 28.6 Å². The minimum atomic E-state index is -0.534. The number of benzene rings is 2. The number of hydrogen-bond donors (Lipinski definition) is 2. The van der Waals surface area contributed by atoms with E-state index in [-0.39, 0.29) is 17.1 Å². The van der Waals surface area contributed by atoms with Crippen LogP contribution in [-0.2, 0) is 7.05 Å². The number of carbonyl (C=O) groups is 1. The van der Waals surface area contributed by atoms with Gasteiger partial charge >= 0.3 is 0 Å². The van der Waals surface area contributed by atoms with Crippen molar-refractivity contribution >= 4 is 22.6 Å². The number of nitrogens with zero attached hydrogens (tertiary/aromatic N) is 5. The van der Waals surface area contributed by atoms with E-state index in [2.05, 4.69) is 20.2 Å². The second-order valence-corrected chi connectivity index (χ2v) is 12.2. The van der Waals surface area contributed by atoms with Crippen LogP contribution < -0.4 is 20.3 Å². The maximum Gasteiger partial charge on any atom is 0.284 e. The van der Waals surface area contributed by atoms with E-state index in [1.54, 1.807) is 43.0 Å². The van der Waals surface area contributed by atoms with E-state index >= 15 is 0 Å². The van der Waals surface area contributed by atoms with Crippen molar-refractivity contribution in [1.82, 2.24) is 24.2 Å². The molecule has 2 aliphatic rings. The molecule has 46 heavy (non-hydrogen) atoms. The van der Waals surface area contributed by atoms with Crippen molar-refractivity contribution in [2.45, 2.75) is 32.3 Å². The van der Waals surface area contributed by atoms with E-state index in [0.29, 0.717) is 35.3 Å². The average Bonchev–Trinajstić information content (AvgIpc) is 3.72. The predicted molar refractivity (Wildman–Crippen MR) is 174 cm³/mol. The maximum atomic E-state index is 13.2. The molecule has 236 valence electrons. The molecule has 2 fully saturated rings. The highest BCUT2D eigenvalue weighted by molar-refractivity contribution is 6.04. The molecular weight excluding hydrogens is 584 g/mol. The Bertz CT molecular complexity index is 1950. The van der Waals surface area contributed by atoms with Crippen LogP contribution in [0, 0.1) is 12.3 Å². The number of carbonyl (C=O) groups excluding carboxylic acids is 1. The number of aliphatic hydroxyl groups excluding tert-OH is 1. The summed E-state index contributed by atoms with van der Waals surface area (Å²) in [5.41, 5.74) is 1.78. The first-order valence-corrected chi connectivity index (χ1v) is 15.5. The summed E-state index contributed by atoms with van der Waals surface area (Å²) in [5.74, 6) is 1.59. The van der Waals surface area contributed by atoms with Crippen LogP contribution in [0.5, 0.6) is 17.2 Å². The van der Waals surface area contributed by atoms with E-state index in [4.69, 9.17) is 9.47 Å². The quantitative estimate of drug-likeness (QED) is 0.216.